The van der Waals surface area contributed by atoms with Gasteiger partial charge < -0.3 is 4.42 Å². The third kappa shape index (κ3) is 3.09. The highest BCUT2D eigenvalue weighted by molar-refractivity contribution is 7.91. The maximum Gasteiger partial charge on any atom is 0.210 e. The molecule has 1 aromatic heterocycles. The van der Waals surface area contributed by atoms with E-state index in [1.165, 1.54) is 12.1 Å². The van der Waals surface area contributed by atoms with Crippen LogP contribution >= 0.6 is 0 Å². The predicted octanol–water partition coefficient (Wildman–Crippen LogP) is 5.88. The molecule has 0 spiro atoms. The van der Waals surface area contributed by atoms with Crippen LogP contribution in [0.5, 0.6) is 0 Å². The van der Waals surface area contributed by atoms with E-state index in [4.69, 9.17) is 4.42 Å². The summed E-state index contributed by atoms with van der Waals surface area (Å²) < 4.78 is 32.3. The minimum absolute atomic E-state index is 0.150. The van der Waals surface area contributed by atoms with Crippen molar-refractivity contribution in [2.45, 2.75) is 16.7 Å². The van der Waals surface area contributed by atoms with E-state index in [0.29, 0.717) is 17.1 Å². The number of sulfone groups is 1. The van der Waals surface area contributed by atoms with Crippen LogP contribution in [0.25, 0.3) is 28.2 Å². The Morgan fingerprint density at radius 3 is 2.30 bits per heavy atom. The summed E-state index contributed by atoms with van der Waals surface area (Å²) in [6.45, 7) is 5.63. The molecule has 134 valence electrons. The molecule has 3 nitrogen and oxygen atoms in total. The largest absolute Gasteiger partial charge is 0.455 e. The summed E-state index contributed by atoms with van der Waals surface area (Å²) in [6, 6.07) is 22.1. The molecule has 27 heavy (non-hydrogen) atoms. The Kier molecular flexibility index (Phi) is 4.21. The molecule has 0 saturated carbocycles. The van der Waals surface area contributed by atoms with Crippen molar-refractivity contribution >= 4 is 26.7 Å². The molecule has 0 bridgehead atoms. The lowest BCUT2D eigenvalue weighted by Gasteiger charge is -2.07. The number of aryl methyl sites for hydroxylation is 1. The van der Waals surface area contributed by atoms with E-state index in [1.54, 1.807) is 24.3 Å². The molecule has 4 aromatic rings. The third-order valence-corrected chi connectivity index (χ3v) is 6.33. The van der Waals surface area contributed by atoms with Crippen LogP contribution in [0.15, 0.2) is 93.6 Å². The summed E-state index contributed by atoms with van der Waals surface area (Å²) in [6.07, 6.45) is 1.51. The number of fused-ring (bicyclic) bond motifs is 1. The second kappa shape index (κ2) is 6.56. The SMILES string of the molecule is C=Cc1cc(S(=O)(=O)c2ccc(C)cc2)c(-c2ccc3ccccc3c2)o1. The van der Waals surface area contributed by atoms with E-state index in [1.807, 2.05) is 49.4 Å². The monoisotopic (exact) mass is 374 g/mol. The second-order valence-corrected chi connectivity index (χ2v) is 8.34. The summed E-state index contributed by atoms with van der Waals surface area (Å²) in [5.74, 6) is 0.750. The lowest BCUT2D eigenvalue weighted by Crippen LogP contribution is -2.02. The first-order valence-electron chi connectivity index (χ1n) is 8.56. The zero-order valence-corrected chi connectivity index (χ0v) is 15.7. The lowest BCUT2D eigenvalue weighted by atomic mass is 10.1. The Bertz CT molecular complexity index is 1250. The molecule has 4 rings (SSSR count). The van der Waals surface area contributed by atoms with Crippen LogP contribution in [0, 0.1) is 6.92 Å². The number of hydrogen-bond donors (Lipinski definition) is 0. The highest BCUT2D eigenvalue weighted by Gasteiger charge is 2.26. The average molecular weight is 374 g/mol. The van der Waals surface area contributed by atoms with Gasteiger partial charge in [0.15, 0.2) is 5.76 Å². The molecule has 0 fully saturated rings. The van der Waals surface area contributed by atoms with Crippen LogP contribution in [0.2, 0.25) is 0 Å². The molecule has 0 saturated heterocycles. The maximum atomic E-state index is 13.2. The van der Waals surface area contributed by atoms with Crippen LogP contribution in [-0.2, 0) is 9.84 Å². The third-order valence-electron chi connectivity index (χ3n) is 4.55. The van der Waals surface area contributed by atoms with Crippen LogP contribution < -0.4 is 0 Å². The molecular formula is C23H18O3S. The second-order valence-electron chi connectivity index (χ2n) is 6.42. The highest BCUT2D eigenvalue weighted by Crippen LogP contribution is 2.36. The van der Waals surface area contributed by atoms with Crippen molar-refractivity contribution in [3.8, 4) is 11.3 Å². The van der Waals surface area contributed by atoms with Gasteiger partial charge in [0.05, 0.1) is 4.90 Å². The van der Waals surface area contributed by atoms with E-state index >= 15 is 0 Å². The van der Waals surface area contributed by atoms with Crippen molar-refractivity contribution in [3.63, 3.8) is 0 Å². The molecule has 0 unspecified atom stereocenters. The molecule has 4 heteroatoms. The van der Waals surface area contributed by atoms with Crippen LogP contribution in [0.4, 0.5) is 0 Å². The van der Waals surface area contributed by atoms with Crippen LogP contribution in [0.3, 0.4) is 0 Å². The summed E-state index contributed by atoms with van der Waals surface area (Å²) in [4.78, 5) is 0.392. The first-order valence-corrected chi connectivity index (χ1v) is 10.0. The summed E-state index contributed by atoms with van der Waals surface area (Å²) >= 11 is 0. The minimum atomic E-state index is -3.72. The molecule has 1 heterocycles. The highest BCUT2D eigenvalue weighted by atomic mass is 32.2. The standard InChI is InChI=1S/C23H18O3S/c1-3-20-15-22(27(24,25)21-12-8-16(2)9-13-21)23(26-20)19-11-10-17-6-4-5-7-18(17)14-19/h3-15H,1H2,2H3. The summed E-state index contributed by atoms with van der Waals surface area (Å²) in [5.41, 5.74) is 1.72. The molecular weight excluding hydrogens is 356 g/mol. The quantitative estimate of drug-likeness (QED) is 0.448. The Hall–Kier alpha value is -3.11. The average Bonchev–Trinajstić information content (AvgIpc) is 3.13. The molecule has 0 aliphatic carbocycles. The van der Waals surface area contributed by atoms with Gasteiger partial charge in [-0.25, -0.2) is 8.42 Å². The maximum absolute atomic E-state index is 13.2. The van der Waals surface area contributed by atoms with E-state index in [2.05, 4.69) is 6.58 Å². The fourth-order valence-corrected chi connectivity index (χ4v) is 4.49. The van der Waals surface area contributed by atoms with E-state index in [0.717, 1.165) is 16.3 Å². The van der Waals surface area contributed by atoms with Gasteiger partial charge in [-0.3, -0.25) is 0 Å². The molecule has 0 atom stereocenters. The number of benzene rings is 3. The topological polar surface area (TPSA) is 47.3 Å². The zero-order chi connectivity index (χ0) is 19.0. The van der Waals surface area contributed by atoms with Crippen molar-refractivity contribution in [2.75, 3.05) is 0 Å². The lowest BCUT2D eigenvalue weighted by molar-refractivity contribution is 0.563. The van der Waals surface area contributed by atoms with E-state index < -0.39 is 9.84 Å². The van der Waals surface area contributed by atoms with Crippen LogP contribution in [0.1, 0.15) is 11.3 Å². The Morgan fingerprint density at radius 2 is 1.59 bits per heavy atom. The number of rotatable bonds is 4. The number of hydrogen-bond acceptors (Lipinski definition) is 3. The number of furan rings is 1. The molecule has 0 radical (unpaired) electrons. The molecule has 3 aromatic carbocycles. The smallest absolute Gasteiger partial charge is 0.210 e. The van der Waals surface area contributed by atoms with E-state index in [-0.39, 0.29) is 9.79 Å². The van der Waals surface area contributed by atoms with Gasteiger partial charge in [-0.15, -0.1) is 0 Å². The summed E-state index contributed by atoms with van der Waals surface area (Å²) in [5, 5.41) is 2.10. The van der Waals surface area contributed by atoms with Crippen LogP contribution in [-0.4, -0.2) is 8.42 Å². The molecule has 0 aliphatic rings. The first-order chi connectivity index (χ1) is 13.0. The van der Waals surface area contributed by atoms with Gasteiger partial charge in [0.25, 0.3) is 0 Å². The van der Waals surface area contributed by atoms with Crippen molar-refractivity contribution in [3.05, 3.63) is 90.7 Å². The van der Waals surface area contributed by atoms with Gasteiger partial charge >= 0.3 is 0 Å². The van der Waals surface area contributed by atoms with Gasteiger partial charge in [-0.2, -0.15) is 0 Å². The Morgan fingerprint density at radius 1 is 0.889 bits per heavy atom. The predicted molar refractivity (Wildman–Crippen MR) is 108 cm³/mol. The van der Waals surface area contributed by atoms with Crippen molar-refractivity contribution in [1.29, 1.82) is 0 Å². The minimum Gasteiger partial charge on any atom is -0.455 e. The van der Waals surface area contributed by atoms with E-state index in [9.17, 15) is 8.42 Å². The molecule has 0 N–H and O–H groups in total. The molecule has 0 amide bonds. The fourth-order valence-electron chi connectivity index (χ4n) is 3.07. The zero-order valence-electron chi connectivity index (χ0n) is 14.8. The van der Waals surface area contributed by atoms with Crippen molar-refractivity contribution < 1.29 is 12.8 Å². The molecule has 0 aliphatic heterocycles. The van der Waals surface area contributed by atoms with Gasteiger partial charge in [-0.1, -0.05) is 60.7 Å². The fraction of sp³-hybridized carbons (Fsp3) is 0.0435. The Balaban J connectivity index is 1.92. The van der Waals surface area contributed by atoms with Crippen molar-refractivity contribution in [2.24, 2.45) is 0 Å². The normalized spacial score (nSPS) is 11.6. The summed E-state index contributed by atoms with van der Waals surface area (Å²) in [7, 11) is -3.72. The van der Waals surface area contributed by atoms with Gasteiger partial charge in [0.1, 0.15) is 10.7 Å². The first kappa shape index (κ1) is 17.3. The Labute approximate surface area is 158 Å². The van der Waals surface area contributed by atoms with Crippen molar-refractivity contribution in [1.82, 2.24) is 0 Å². The van der Waals surface area contributed by atoms with Gasteiger partial charge in [-0.05, 0) is 42.0 Å². The van der Waals surface area contributed by atoms with Gasteiger partial charge in [0, 0.05) is 11.6 Å². The van der Waals surface area contributed by atoms with Gasteiger partial charge in [0.2, 0.25) is 9.84 Å².